The van der Waals surface area contributed by atoms with Crippen molar-refractivity contribution in [3.05, 3.63) is 0 Å². The Balaban J connectivity index is 0.000000250. The number of H-pyrrole nitrogens is 1. The van der Waals surface area contributed by atoms with Crippen LogP contribution in [0, 0.1) is 0 Å². The zero-order valence-electron chi connectivity index (χ0n) is 2.29. The molecule has 0 aliphatic carbocycles. The Morgan fingerprint density at radius 3 is 1.67 bits per heavy atom. The van der Waals surface area contributed by atoms with Crippen LogP contribution in [0.1, 0.15) is 0 Å². The van der Waals surface area contributed by atoms with Crippen molar-refractivity contribution in [1.29, 1.82) is 0 Å². The van der Waals surface area contributed by atoms with Gasteiger partial charge in [0.1, 0.15) is 0 Å². The molecule has 1 heterocycles. The molecule has 0 aliphatic rings. The van der Waals surface area contributed by atoms with E-state index in [9.17, 15) is 0 Å². The minimum Gasteiger partial charge on any atom is -0.157 e. The van der Waals surface area contributed by atoms with Gasteiger partial charge >= 0.3 is 29.6 Å². The number of aromatic nitrogens is 5. The zero-order valence-corrected chi connectivity index (χ0v) is 2.29. The third kappa shape index (κ3) is 1.44. The van der Waals surface area contributed by atoms with Gasteiger partial charge in [0.2, 0.25) is 0 Å². The summed E-state index contributed by atoms with van der Waals surface area (Å²) in [6.07, 6.45) is 0. The van der Waals surface area contributed by atoms with Crippen molar-refractivity contribution in [2.24, 2.45) is 0 Å². The smallest absolute Gasteiger partial charge is 0.00217 e. The molecule has 0 radical (unpaired) electrons. The van der Waals surface area contributed by atoms with Gasteiger partial charge in [-0.25, -0.2) is 0 Å². The molecule has 0 aromatic carbocycles. The van der Waals surface area contributed by atoms with E-state index in [4.69, 9.17) is 0 Å². The van der Waals surface area contributed by atoms with Crippen molar-refractivity contribution in [3.63, 3.8) is 0 Å². The van der Waals surface area contributed by atoms with Crippen molar-refractivity contribution in [2.75, 3.05) is 0 Å². The molecular formula is H2N5Na. The average Bonchev–Trinajstić information content (AvgIpc) is 1.76. The van der Waals surface area contributed by atoms with Gasteiger partial charge < -0.3 is 0 Å². The second-order valence-corrected chi connectivity index (χ2v) is 0.479. The first-order valence-corrected chi connectivity index (χ1v) is 1.05. The summed E-state index contributed by atoms with van der Waals surface area (Å²) < 4.78 is 0. The van der Waals surface area contributed by atoms with Crippen LogP contribution in [-0.4, -0.2) is 55.6 Å². The average molecular weight is 95.0 g/mol. The van der Waals surface area contributed by atoms with Crippen LogP contribution in [0.15, 0.2) is 0 Å². The summed E-state index contributed by atoms with van der Waals surface area (Å²) in [5.41, 5.74) is 0. The zero-order chi connectivity index (χ0) is 3.54. The van der Waals surface area contributed by atoms with Gasteiger partial charge in [0.05, 0.1) is 0 Å². The second-order valence-electron chi connectivity index (χ2n) is 0.479. The summed E-state index contributed by atoms with van der Waals surface area (Å²) in [6.45, 7) is 0. The summed E-state index contributed by atoms with van der Waals surface area (Å²) in [5, 5.41) is 14.5. The van der Waals surface area contributed by atoms with E-state index >= 15 is 0 Å². The van der Waals surface area contributed by atoms with E-state index in [1.54, 1.807) is 0 Å². The largest absolute Gasteiger partial charge is 0.157 e. The van der Waals surface area contributed by atoms with E-state index in [0.717, 1.165) is 0 Å². The van der Waals surface area contributed by atoms with Crippen LogP contribution in [0.5, 0.6) is 0 Å². The van der Waals surface area contributed by atoms with Crippen molar-refractivity contribution < 1.29 is 0 Å². The van der Waals surface area contributed by atoms with Gasteiger partial charge in [-0.05, 0) is 20.9 Å². The van der Waals surface area contributed by atoms with E-state index in [1.807, 2.05) is 0 Å². The van der Waals surface area contributed by atoms with Gasteiger partial charge in [0.15, 0.2) is 0 Å². The van der Waals surface area contributed by atoms with E-state index < -0.39 is 0 Å². The summed E-state index contributed by atoms with van der Waals surface area (Å²) in [7, 11) is 0. The summed E-state index contributed by atoms with van der Waals surface area (Å²) >= 11 is 0. The second kappa shape index (κ2) is 3.20. The third-order valence-corrected chi connectivity index (χ3v) is 0.219. The van der Waals surface area contributed by atoms with Crippen molar-refractivity contribution in [2.45, 2.75) is 0 Å². The van der Waals surface area contributed by atoms with Crippen LogP contribution in [-0.2, 0) is 0 Å². The van der Waals surface area contributed by atoms with Crippen LogP contribution in [0.25, 0.3) is 0 Å². The summed E-state index contributed by atoms with van der Waals surface area (Å²) in [6, 6.07) is 0. The standard InChI is InChI=1S/HN5.Na.H/c1-2-4-5-3-1;;/h(H,1,2,3,4,5);;. The molecule has 1 aromatic heterocycles. The molecule has 1 rings (SSSR count). The Morgan fingerprint density at radius 1 is 1.00 bits per heavy atom. The third-order valence-electron chi connectivity index (χ3n) is 0.219. The fourth-order valence-corrected chi connectivity index (χ4v) is 0.100. The van der Waals surface area contributed by atoms with Gasteiger partial charge in [-0.1, -0.05) is 0 Å². The minimum absolute atomic E-state index is 0. The Morgan fingerprint density at radius 2 is 1.50 bits per heavy atom. The van der Waals surface area contributed by atoms with E-state index in [2.05, 4.69) is 26.1 Å². The van der Waals surface area contributed by atoms with Gasteiger partial charge in [0.25, 0.3) is 0 Å². The molecule has 1 N–H and O–H groups in total. The first-order valence-electron chi connectivity index (χ1n) is 1.05. The van der Waals surface area contributed by atoms with Gasteiger partial charge in [-0.2, -0.15) is 5.21 Å². The Bertz CT molecular complexity index is 60.4. The SMILES string of the molecule is [NaH].n1nn[nH]n1. The number of aromatic amines is 1. The fraction of sp³-hybridized carbons (Fsp3) is 0. The van der Waals surface area contributed by atoms with Crippen LogP contribution in [0.2, 0.25) is 0 Å². The topological polar surface area (TPSA) is 67.3 Å². The Kier molecular flexibility index (Phi) is 3.20. The normalized spacial score (nSPS) is 6.67. The molecule has 6 heteroatoms. The number of rotatable bonds is 0. The molecule has 0 fully saturated rings. The quantitative estimate of drug-likeness (QED) is 0.376. The van der Waals surface area contributed by atoms with Crippen LogP contribution in [0.3, 0.4) is 0 Å². The molecule has 1 aromatic rings. The predicted octanol–water partition coefficient (Wildman–Crippen LogP) is -2.05. The van der Waals surface area contributed by atoms with E-state index in [-0.39, 0.29) is 29.6 Å². The number of hydrogen-bond donors (Lipinski definition) is 1. The number of hydrogen-bond acceptors (Lipinski definition) is 4. The van der Waals surface area contributed by atoms with E-state index in [1.165, 1.54) is 0 Å². The van der Waals surface area contributed by atoms with Crippen molar-refractivity contribution >= 4 is 29.6 Å². The number of nitrogens with zero attached hydrogens (tertiary/aromatic N) is 4. The summed E-state index contributed by atoms with van der Waals surface area (Å²) in [4.78, 5) is 0. The Labute approximate surface area is 55.8 Å². The first kappa shape index (κ1) is 6.00. The molecule has 5 nitrogen and oxygen atoms in total. The molecule has 0 atom stereocenters. The van der Waals surface area contributed by atoms with Gasteiger partial charge in [-0.15, -0.1) is 0 Å². The van der Waals surface area contributed by atoms with Gasteiger partial charge in [-0.3, -0.25) is 0 Å². The molecule has 0 bridgehead atoms. The van der Waals surface area contributed by atoms with Crippen molar-refractivity contribution in [3.8, 4) is 0 Å². The van der Waals surface area contributed by atoms with Gasteiger partial charge in [0, 0.05) is 0 Å². The minimum atomic E-state index is 0. The molecule has 6 heavy (non-hydrogen) atoms. The molecular weight excluding hydrogens is 93.0 g/mol. The van der Waals surface area contributed by atoms with Crippen LogP contribution >= 0.6 is 0 Å². The van der Waals surface area contributed by atoms with E-state index in [0.29, 0.717) is 0 Å². The van der Waals surface area contributed by atoms with Crippen molar-refractivity contribution in [1.82, 2.24) is 26.1 Å². The maximum Gasteiger partial charge on any atom is -0.00217 e. The maximum absolute atomic E-state index is 3.12. The predicted molar refractivity (Wildman–Crippen MR) is 19.1 cm³/mol. The molecule has 0 aliphatic heterocycles. The molecule has 28 valence electrons. The molecule has 0 saturated carbocycles. The maximum atomic E-state index is 3.12. The molecule has 0 saturated heterocycles. The fourth-order valence-electron chi connectivity index (χ4n) is 0.100. The molecule has 0 unspecified atom stereocenters. The molecule has 0 spiro atoms. The first-order chi connectivity index (χ1) is 2.50. The van der Waals surface area contributed by atoms with Crippen LogP contribution < -0.4 is 0 Å². The van der Waals surface area contributed by atoms with Crippen LogP contribution in [0.4, 0.5) is 0 Å². The monoisotopic (exact) mass is 95.0 g/mol. The Hall–Kier alpha value is 0.0000000000000000555. The number of nitrogens with one attached hydrogen (secondary N) is 1. The summed E-state index contributed by atoms with van der Waals surface area (Å²) in [5.74, 6) is 0. The molecule has 0 amide bonds.